The van der Waals surface area contributed by atoms with Gasteiger partial charge in [0.1, 0.15) is 11.6 Å². The number of nitrogens with zero attached hydrogens (tertiary/aromatic N) is 1. The number of rotatable bonds is 5. The number of H-pyrrole nitrogens is 1. The van der Waals surface area contributed by atoms with Gasteiger partial charge in [0.15, 0.2) is 5.16 Å². The molecule has 1 heterocycles. The third kappa shape index (κ3) is 4.92. The molecule has 0 fully saturated rings. The normalized spacial score (nSPS) is 10.3. The van der Waals surface area contributed by atoms with Gasteiger partial charge in [-0.1, -0.05) is 23.9 Å². The van der Waals surface area contributed by atoms with Crippen LogP contribution in [0.2, 0.25) is 0 Å². The number of hydrogen-bond donors (Lipinski definition) is 3. The molecule has 8 heteroatoms. The number of hydrogen-bond acceptors (Lipinski definition) is 5. The summed E-state index contributed by atoms with van der Waals surface area (Å²) in [6.07, 6.45) is 0. The fourth-order valence-electron chi connectivity index (χ4n) is 1.51. The van der Waals surface area contributed by atoms with Crippen LogP contribution in [0.15, 0.2) is 40.3 Å². The first kappa shape index (κ1) is 15.0. The maximum absolute atomic E-state index is 12.7. The highest BCUT2D eigenvalue weighted by Gasteiger charge is 2.05. The van der Waals surface area contributed by atoms with Gasteiger partial charge < -0.3 is 16.0 Å². The van der Waals surface area contributed by atoms with Gasteiger partial charge in [-0.05, 0) is 17.7 Å². The molecule has 2 rings (SSSR count). The van der Waals surface area contributed by atoms with Crippen molar-refractivity contribution in [2.24, 2.45) is 0 Å². The van der Waals surface area contributed by atoms with Crippen molar-refractivity contribution in [1.82, 2.24) is 15.3 Å². The molecule has 0 atom stereocenters. The van der Waals surface area contributed by atoms with Crippen molar-refractivity contribution in [2.45, 2.75) is 11.7 Å². The Morgan fingerprint density at radius 1 is 1.38 bits per heavy atom. The molecule has 0 radical (unpaired) electrons. The molecule has 0 aliphatic carbocycles. The molecule has 0 saturated carbocycles. The monoisotopic (exact) mass is 308 g/mol. The minimum atomic E-state index is -0.364. The summed E-state index contributed by atoms with van der Waals surface area (Å²) in [4.78, 5) is 29.2. The molecule has 0 bridgehead atoms. The summed E-state index contributed by atoms with van der Waals surface area (Å²) in [6, 6.07) is 7.02. The second kappa shape index (κ2) is 6.89. The third-order valence-corrected chi connectivity index (χ3v) is 3.36. The molecular formula is C13H13FN4O2S. The highest BCUT2D eigenvalue weighted by Crippen LogP contribution is 2.11. The van der Waals surface area contributed by atoms with Gasteiger partial charge in [0.25, 0.3) is 5.56 Å². The number of carbonyl (C=O) groups is 1. The van der Waals surface area contributed by atoms with Crippen LogP contribution in [0.1, 0.15) is 5.56 Å². The lowest BCUT2D eigenvalue weighted by Gasteiger charge is -2.05. The van der Waals surface area contributed by atoms with Gasteiger partial charge in [-0.3, -0.25) is 9.59 Å². The van der Waals surface area contributed by atoms with Crippen LogP contribution >= 0.6 is 11.8 Å². The number of nitrogen functional groups attached to an aromatic ring is 1. The van der Waals surface area contributed by atoms with Crippen LogP contribution in [-0.2, 0) is 11.3 Å². The number of halogens is 1. The van der Waals surface area contributed by atoms with Crippen molar-refractivity contribution in [3.05, 3.63) is 52.1 Å². The van der Waals surface area contributed by atoms with Gasteiger partial charge in [0.05, 0.1) is 5.75 Å². The Hall–Kier alpha value is -2.35. The summed E-state index contributed by atoms with van der Waals surface area (Å²) in [5.74, 6) is -0.354. The molecular weight excluding hydrogens is 295 g/mol. The number of carbonyl (C=O) groups excluding carboxylic acids is 1. The van der Waals surface area contributed by atoms with E-state index in [9.17, 15) is 14.0 Å². The highest BCUT2D eigenvalue weighted by molar-refractivity contribution is 7.99. The zero-order valence-corrected chi connectivity index (χ0v) is 11.7. The molecule has 1 aromatic carbocycles. The molecule has 4 N–H and O–H groups in total. The zero-order valence-electron chi connectivity index (χ0n) is 10.9. The summed E-state index contributed by atoms with van der Waals surface area (Å²) >= 11 is 1.08. The number of aromatic amines is 1. The van der Waals surface area contributed by atoms with Gasteiger partial charge >= 0.3 is 0 Å². The van der Waals surface area contributed by atoms with Crippen molar-refractivity contribution < 1.29 is 9.18 Å². The lowest BCUT2D eigenvalue weighted by molar-refractivity contribution is -0.118. The molecule has 1 aromatic heterocycles. The largest absolute Gasteiger partial charge is 0.383 e. The number of amides is 1. The Kier molecular flexibility index (Phi) is 4.94. The fourth-order valence-corrected chi connectivity index (χ4v) is 2.22. The Labute approximate surface area is 124 Å². The Morgan fingerprint density at radius 2 is 2.10 bits per heavy atom. The molecule has 21 heavy (non-hydrogen) atoms. The van der Waals surface area contributed by atoms with Crippen LogP contribution < -0.4 is 16.6 Å². The van der Waals surface area contributed by atoms with Gasteiger partial charge in [-0.15, -0.1) is 0 Å². The average molecular weight is 308 g/mol. The van der Waals surface area contributed by atoms with Crippen LogP contribution in [0, 0.1) is 5.82 Å². The van der Waals surface area contributed by atoms with Crippen molar-refractivity contribution in [3.8, 4) is 0 Å². The smallest absolute Gasteiger partial charge is 0.253 e. The van der Waals surface area contributed by atoms with E-state index in [1.165, 1.54) is 18.2 Å². The van der Waals surface area contributed by atoms with Crippen LogP contribution in [-0.4, -0.2) is 21.6 Å². The quantitative estimate of drug-likeness (QED) is 0.563. The number of nitrogens with two attached hydrogens (primary N) is 1. The molecule has 6 nitrogen and oxygen atoms in total. The van der Waals surface area contributed by atoms with Crippen LogP contribution in [0.3, 0.4) is 0 Å². The van der Waals surface area contributed by atoms with E-state index in [4.69, 9.17) is 5.73 Å². The Bertz CT molecular complexity index is 687. The van der Waals surface area contributed by atoms with Crippen molar-refractivity contribution in [2.75, 3.05) is 11.5 Å². The first-order chi connectivity index (χ1) is 10.0. The van der Waals surface area contributed by atoms with E-state index in [1.54, 1.807) is 12.1 Å². The molecule has 0 aliphatic rings. The summed E-state index contributed by atoms with van der Waals surface area (Å²) in [6.45, 7) is 0.306. The molecule has 0 spiro atoms. The summed E-state index contributed by atoms with van der Waals surface area (Å²) in [5, 5.41) is 2.97. The average Bonchev–Trinajstić information content (AvgIpc) is 2.43. The molecule has 0 unspecified atom stereocenters. The molecule has 2 aromatic rings. The van der Waals surface area contributed by atoms with Crippen molar-refractivity contribution in [1.29, 1.82) is 0 Å². The second-order valence-electron chi connectivity index (χ2n) is 4.17. The van der Waals surface area contributed by atoms with Crippen LogP contribution in [0.4, 0.5) is 10.2 Å². The molecule has 0 aliphatic heterocycles. The molecule has 110 valence electrons. The number of anilines is 1. The van der Waals surface area contributed by atoms with Gasteiger partial charge in [-0.25, -0.2) is 9.37 Å². The fraction of sp³-hybridized carbons (Fsp3) is 0.154. The topological polar surface area (TPSA) is 101 Å². The third-order valence-electron chi connectivity index (χ3n) is 2.48. The van der Waals surface area contributed by atoms with Crippen molar-refractivity contribution >= 4 is 23.5 Å². The van der Waals surface area contributed by atoms with E-state index in [2.05, 4.69) is 15.3 Å². The van der Waals surface area contributed by atoms with E-state index >= 15 is 0 Å². The summed E-state index contributed by atoms with van der Waals surface area (Å²) in [7, 11) is 0. The van der Waals surface area contributed by atoms with Gasteiger partial charge in [0, 0.05) is 12.6 Å². The highest BCUT2D eigenvalue weighted by atomic mass is 32.2. The summed E-state index contributed by atoms with van der Waals surface area (Å²) < 4.78 is 12.7. The molecule has 0 saturated heterocycles. The molecule has 1 amide bonds. The minimum Gasteiger partial charge on any atom is -0.383 e. The Balaban J connectivity index is 1.82. The maximum Gasteiger partial charge on any atom is 0.253 e. The first-order valence-corrected chi connectivity index (χ1v) is 7.02. The maximum atomic E-state index is 12.7. The predicted octanol–water partition coefficient (Wildman–Crippen LogP) is 0.900. The number of benzene rings is 1. The lowest BCUT2D eigenvalue weighted by Crippen LogP contribution is -2.24. The van der Waals surface area contributed by atoms with E-state index in [0.29, 0.717) is 6.54 Å². The summed E-state index contributed by atoms with van der Waals surface area (Å²) in [5.41, 5.74) is 5.87. The van der Waals surface area contributed by atoms with Crippen LogP contribution in [0.25, 0.3) is 0 Å². The van der Waals surface area contributed by atoms with Gasteiger partial charge in [0.2, 0.25) is 5.91 Å². The van der Waals surface area contributed by atoms with E-state index in [1.807, 2.05) is 0 Å². The van der Waals surface area contributed by atoms with E-state index in [-0.39, 0.29) is 34.0 Å². The lowest BCUT2D eigenvalue weighted by atomic mass is 10.2. The number of nitrogens with one attached hydrogen (secondary N) is 2. The second-order valence-corrected chi connectivity index (χ2v) is 5.13. The zero-order chi connectivity index (χ0) is 15.2. The number of aromatic nitrogens is 2. The minimum absolute atomic E-state index is 0.0909. The van der Waals surface area contributed by atoms with Crippen LogP contribution in [0.5, 0.6) is 0 Å². The predicted molar refractivity (Wildman–Crippen MR) is 78.2 cm³/mol. The number of thioether (sulfide) groups is 1. The Morgan fingerprint density at radius 3 is 2.76 bits per heavy atom. The van der Waals surface area contributed by atoms with Crippen molar-refractivity contribution in [3.63, 3.8) is 0 Å². The van der Waals surface area contributed by atoms with E-state index < -0.39 is 0 Å². The van der Waals surface area contributed by atoms with E-state index in [0.717, 1.165) is 17.3 Å². The SMILES string of the molecule is Nc1cc(=O)[nH]c(SCC(=O)NCc2ccc(F)cc2)n1. The first-order valence-electron chi connectivity index (χ1n) is 6.04. The standard InChI is InChI=1S/C13H13FN4O2S/c14-9-3-1-8(2-4-9)6-16-12(20)7-21-13-17-10(15)5-11(19)18-13/h1-5H,6-7H2,(H,16,20)(H3,15,17,18,19). The van der Waals surface area contributed by atoms with Gasteiger partial charge in [-0.2, -0.15) is 0 Å².